The van der Waals surface area contributed by atoms with Crippen LogP contribution in [0.5, 0.6) is 11.8 Å². The SMILES string of the molecule is CC[C@@H]1Oc2nc([N+](=O)[O-])cn2C[C@@H]1OCc1ccc(OC(F)(F)F)cc1. The van der Waals surface area contributed by atoms with E-state index in [0.29, 0.717) is 18.5 Å². The van der Waals surface area contributed by atoms with Crippen LogP contribution in [0, 0.1) is 10.1 Å². The van der Waals surface area contributed by atoms with Crippen molar-refractivity contribution in [2.24, 2.45) is 0 Å². The zero-order valence-electron chi connectivity index (χ0n) is 14.2. The van der Waals surface area contributed by atoms with Crippen molar-refractivity contribution in [3.05, 3.63) is 46.1 Å². The van der Waals surface area contributed by atoms with Crippen LogP contribution in [0.3, 0.4) is 0 Å². The van der Waals surface area contributed by atoms with E-state index in [2.05, 4.69) is 9.72 Å². The maximum absolute atomic E-state index is 12.2. The summed E-state index contributed by atoms with van der Waals surface area (Å²) in [6.07, 6.45) is -3.59. The monoisotopic (exact) mass is 387 g/mol. The molecule has 0 saturated heterocycles. The first-order chi connectivity index (χ1) is 12.7. The fourth-order valence-corrected chi connectivity index (χ4v) is 2.72. The van der Waals surface area contributed by atoms with Crippen molar-refractivity contribution in [2.45, 2.75) is 45.1 Å². The first kappa shape index (κ1) is 19.0. The number of benzene rings is 1. The number of nitrogens with zero attached hydrogens (tertiary/aromatic N) is 3. The topological polar surface area (TPSA) is 88.7 Å². The molecule has 1 aromatic heterocycles. The molecule has 27 heavy (non-hydrogen) atoms. The van der Waals surface area contributed by atoms with Crippen molar-refractivity contribution < 1.29 is 32.3 Å². The predicted octanol–water partition coefficient (Wildman–Crippen LogP) is 3.45. The molecule has 0 N–H and O–H groups in total. The molecular weight excluding hydrogens is 371 g/mol. The average molecular weight is 387 g/mol. The van der Waals surface area contributed by atoms with E-state index in [1.807, 2.05) is 6.92 Å². The number of fused-ring (bicyclic) bond motifs is 1. The number of ether oxygens (including phenoxy) is 3. The summed E-state index contributed by atoms with van der Waals surface area (Å²) in [7, 11) is 0. The molecule has 11 heteroatoms. The number of hydrogen-bond donors (Lipinski definition) is 0. The molecule has 1 aromatic carbocycles. The Kier molecular flexibility index (Phi) is 5.22. The Morgan fingerprint density at radius 2 is 2.07 bits per heavy atom. The molecule has 146 valence electrons. The summed E-state index contributed by atoms with van der Waals surface area (Å²) in [4.78, 5) is 14.1. The van der Waals surface area contributed by atoms with Crippen LogP contribution in [0.4, 0.5) is 19.0 Å². The highest BCUT2D eigenvalue weighted by Gasteiger charge is 2.35. The van der Waals surface area contributed by atoms with Crippen LogP contribution >= 0.6 is 0 Å². The Labute approximate surface area is 151 Å². The molecule has 1 aliphatic rings. The minimum absolute atomic E-state index is 0.142. The lowest BCUT2D eigenvalue weighted by atomic mass is 10.1. The highest BCUT2D eigenvalue weighted by atomic mass is 19.4. The van der Waals surface area contributed by atoms with Gasteiger partial charge in [0.1, 0.15) is 24.2 Å². The third-order valence-electron chi connectivity index (χ3n) is 3.99. The molecular formula is C16H16F3N3O5. The van der Waals surface area contributed by atoms with Gasteiger partial charge in [0, 0.05) is 4.98 Å². The first-order valence-electron chi connectivity index (χ1n) is 8.09. The maximum atomic E-state index is 12.2. The van der Waals surface area contributed by atoms with Crippen molar-refractivity contribution in [1.29, 1.82) is 0 Å². The third-order valence-corrected chi connectivity index (χ3v) is 3.99. The van der Waals surface area contributed by atoms with Gasteiger partial charge in [0.25, 0.3) is 0 Å². The van der Waals surface area contributed by atoms with E-state index in [4.69, 9.17) is 9.47 Å². The molecule has 0 radical (unpaired) electrons. The van der Waals surface area contributed by atoms with E-state index in [9.17, 15) is 23.3 Å². The molecule has 2 atom stereocenters. The number of halogens is 3. The molecule has 2 aromatic rings. The van der Waals surface area contributed by atoms with E-state index in [1.54, 1.807) is 0 Å². The molecule has 0 aliphatic carbocycles. The van der Waals surface area contributed by atoms with Gasteiger partial charge in [-0.2, -0.15) is 0 Å². The Balaban J connectivity index is 1.63. The molecule has 0 bridgehead atoms. The van der Waals surface area contributed by atoms with Gasteiger partial charge in [0.15, 0.2) is 0 Å². The van der Waals surface area contributed by atoms with E-state index in [0.717, 1.165) is 0 Å². The van der Waals surface area contributed by atoms with Crippen LogP contribution in [-0.4, -0.2) is 33.0 Å². The number of hydrogen-bond acceptors (Lipinski definition) is 6. The maximum Gasteiger partial charge on any atom is 0.573 e. The van der Waals surface area contributed by atoms with Gasteiger partial charge in [-0.25, -0.2) is 0 Å². The Morgan fingerprint density at radius 1 is 1.37 bits per heavy atom. The van der Waals surface area contributed by atoms with E-state index >= 15 is 0 Å². The van der Waals surface area contributed by atoms with Gasteiger partial charge in [0.2, 0.25) is 0 Å². The summed E-state index contributed by atoms with van der Waals surface area (Å²) in [5.74, 6) is -0.616. The number of rotatable bonds is 6. The fraction of sp³-hybridized carbons (Fsp3) is 0.438. The van der Waals surface area contributed by atoms with Gasteiger partial charge in [-0.05, 0) is 29.0 Å². The second-order valence-corrected chi connectivity index (χ2v) is 5.90. The van der Waals surface area contributed by atoms with Gasteiger partial charge >= 0.3 is 18.2 Å². The number of imidazole rings is 1. The van der Waals surface area contributed by atoms with Crippen LogP contribution in [0.15, 0.2) is 30.5 Å². The van der Waals surface area contributed by atoms with Crippen molar-refractivity contribution in [3.63, 3.8) is 0 Å². The number of nitro groups is 1. The second-order valence-electron chi connectivity index (χ2n) is 5.90. The van der Waals surface area contributed by atoms with Gasteiger partial charge < -0.3 is 24.3 Å². The van der Waals surface area contributed by atoms with Crippen LogP contribution in [0.2, 0.25) is 0 Å². The largest absolute Gasteiger partial charge is 0.573 e. The minimum Gasteiger partial charge on any atom is -0.440 e. The molecule has 0 unspecified atom stereocenters. The predicted molar refractivity (Wildman–Crippen MR) is 85.3 cm³/mol. The zero-order chi connectivity index (χ0) is 19.6. The van der Waals surface area contributed by atoms with Crippen molar-refractivity contribution >= 4 is 5.82 Å². The van der Waals surface area contributed by atoms with E-state index < -0.39 is 11.3 Å². The second kappa shape index (κ2) is 7.43. The van der Waals surface area contributed by atoms with Crippen molar-refractivity contribution in [2.75, 3.05) is 0 Å². The molecule has 0 fully saturated rings. The molecule has 8 nitrogen and oxygen atoms in total. The Bertz CT molecular complexity index is 807. The minimum atomic E-state index is -4.74. The van der Waals surface area contributed by atoms with Crippen molar-refractivity contribution in [1.82, 2.24) is 9.55 Å². The lowest BCUT2D eigenvalue weighted by molar-refractivity contribution is -0.389. The van der Waals surface area contributed by atoms with Crippen LogP contribution in [-0.2, 0) is 17.9 Å². The smallest absolute Gasteiger partial charge is 0.440 e. The Hall–Kier alpha value is -2.82. The summed E-state index contributed by atoms with van der Waals surface area (Å²) in [6.45, 7) is 2.35. The number of aromatic nitrogens is 2. The van der Waals surface area contributed by atoms with Crippen LogP contribution in [0.25, 0.3) is 0 Å². The third kappa shape index (κ3) is 4.67. The lowest BCUT2D eigenvalue weighted by Crippen LogP contribution is -2.41. The summed E-state index contributed by atoms with van der Waals surface area (Å²) < 4.78 is 53.4. The normalized spacial score (nSPS) is 19.3. The molecule has 1 aliphatic heterocycles. The molecule has 2 heterocycles. The standard InChI is InChI=1S/C16H16F3N3O5/c1-2-12-13(7-21-8-14(22(23)24)20-15(21)26-12)25-9-10-3-5-11(6-4-10)27-16(17,18)19/h3-6,8,12-13H,2,7,9H2,1H3/t12-,13-/m0/s1. The average Bonchev–Trinajstić information content (AvgIpc) is 3.02. The lowest BCUT2D eigenvalue weighted by Gasteiger charge is -2.30. The quantitative estimate of drug-likeness (QED) is 0.557. The molecule has 0 amide bonds. The van der Waals surface area contributed by atoms with Gasteiger partial charge in [-0.3, -0.25) is 4.57 Å². The van der Waals surface area contributed by atoms with Crippen LogP contribution in [0.1, 0.15) is 18.9 Å². The summed E-state index contributed by atoms with van der Waals surface area (Å²) in [5.41, 5.74) is 0.654. The summed E-state index contributed by atoms with van der Waals surface area (Å²) in [5, 5.41) is 10.8. The van der Waals surface area contributed by atoms with E-state index in [-0.39, 0.29) is 36.4 Å². The first-order valence-corrected chi connectivity index (χ1v) is 8.09. The van der Waals surface area contributed by atoms with E-state index in [1.165, 1.54) is 35.0 Å². The fourth-order valence-electron chi connectivity index (χ4n) is 2.72. The van der Waals surface area contributed by atoms with Gasteiger partial charge in [0.05, 0.1) is 13.2 Å². The summed E-state index contributed by atoms with van der Waals surface area (Å²) >= 11 is 0. The van der Waals surface area contributed by atoms with Gasteiger partial charge in [-0.15, -0.1) is 13.2 Å². The molecule has 0 saturated carbocycles. The van der Waals surface area contributed by atoms with Gasteiger partial charge in [-0.1, -0.05) is 19.1 Å². The highest BCUT2D eigenvalue weighted by molar-refractivity contribution is 5.27. The number of alkyl halides is 3. The Morgan fingerprint density at radius 3 is 2.67 bits per heavy atom. The van der Waals surface area contributed by atoms with Crippen molar-refractivity contribution in [3.8, 4) is 11.8 Å². The summed E-state index contributed by atoms with van der Waals surface area (Å²) in [6, 6.07) is 5.52. The molecule has 3 rings (SSSR count). The highest BCUT2D eigenvalue weighted by Crippen LogP contribution is 2.28. The van der Waals surface area contributed by atoms with Crippen LogP contribution < -0.4 is 9.47 Å². The zero-order valence-corrected chi connectivity index (χ0v) is 14.2. The molecule has 0 spiro atoms.